The Hall–Kier alpha value is -2.11. The fourth-order valence-electron chi connectivity index (χ4n) is 2.70. The highest BCUT2D eigenvalue weighted by atomic mass is 16.7. The van der Waals surface area contributed by atoms with Gasteiger partial charge in [0.25, 0.3) is 0 Å². The van der Waals surface area contributed by atoms with Crippen molar-refractivity contribution >= 4 is 5.97 Å². The maximum Gasteiger partial charge on any atom is 0.313 e. The second kappa shape index (κ2) is 6.77. The van der Waals surface area contributed by atoms with Gasteiger partial charge in [-0.3, -0.25) is 9.63 Å². The zero-order valence-electron chi connectivity index (χ0n) is 12.5. The first kappa shape index (κ1) is 14.8. The first-order valence-electron chi connectivity index (χ1n) is 7.43. The Morgan fingerprint density at radius 1 is 1.27 bits per heavy atom. The van der Waals surface area contributed by atoms with Crippen molar-refractivity contribution < 1.29 is 18.8 Å². The standard InChI is InChI=1S/C17H19NO4/c1-2-20-17(19)14-12-22-18(11-13-7-4-3-5-8-13)16(14)15-9-6-10-21-15/h3-10,14,16H,2,11-12H2,1H3/t14-,16-/m1/s1. The number of rotatable bonds is 5. The van der Waals surface area contributed by atoms with E-state index in [4.69, 9.17) is 14.0 Å². The number of carbonyl (C=O) groups is 1. The molecule has 0 saturated carbocycles. The molecular formula is C17H19NO4. The largest absolute Gasteiger partial charge is 0.468 e. The number of hydrogen-bond acceptors (Lipinski definition) is 5. The third-order valence-corrected chi connectivity index (χ3v) is 3.72. The van der Waals surface area contributed by atoms with Gasteiger partial charge in [0.1, 0.15) is 17.7 Å². The topological polar surface area (TPSA) is 51.9 Å². The number of carbonyl (C=O) groups excluding carboxylic acids is 1. The zero-order chi connectivity index (χ0) is 15.4. The number of ether oxygens (including phenoxy) is 1. The lowest BCUT2D eigenvalue weighted by Crippen LogP contribution is -2.28. The van der Waals surface area contributed by atoms with Crippen molar-refractivity contribution in [3.8, 4) is 0 Å². The van der Waals surface area contributed by atoms with Crippen molar-refractivity contribution in [2.45, 2.75) is 19.5 Å². The fraction of sp³-hybridized carbons (Fsp3) is 0.353. The number of benzene rings is 1. The van der Waals surface area contributed by atoms with Gasteiger partial charge in [-0.1, -0.05) is 30.3 Å². The van der Waals surface area contributed by atoms with Crippen molar-refractivity contribution in [2.24, 2.45) is 5.92 Å². The van der Waals surface area contributed by atoms with Crippen LogP contribution in [0.2, 0.25) is 0 Å². The Labute approximate surface area is 129 Å². The molecule has 1 aliphatic heterocycles. The van der Waals surface area contributed by atoms with E-state index in [2.05, 4.69) is 0 Å². The molecule has 0 bridgehead atoms. The van der Waals surface area contributed by atoms with E-state index < -0.39 is 0 Å². The summed E-state index contributed by atoms with van der Waals surface area (Å²) in [6.45, 7) is 3.05. The molecule has 0 aliphatic carbocycles. The molecule has 3 rings (SSSR count). The number of nitrogens with zero attached hydrogens (tertiary/aromatic N) is 1. The molecule has 2 atom stereocenters. The summed E-state index contributed by atoms with van der Waals surface area (Å²) in [5.41, 5.74) is 1.11. The molecule has 1 saturated heterocycles. The lowest BCUT2D eigenvalue weighted by atomic mass is 9.99. The van der Waals surface area contributed by atoms with Crippen LogP contribution < -0.4 is 0 Å². The van der Waals surface area contributed by atoms with Crippen molar-refractivity contribution in [1.29, 1.82) is 0 Å². The Kier molecular flexibility index (Phi) is 4.56. The molecular weight excluding hydrogens is 282 g/mol. The van der Waals surface area contributed by atoms with Crippen LogP contribution in [0, 0.1) is 5.92 Å². The zero-order valence-corrected chi connectivity index (χ0v) is 12.5. The van der Waals surface area contributed by atoms with Crippen molar-refractivity contribution in [1.82, 2.24) is 5.06 Å². The third kappa shape index (κ3) is 3.05. The molecule has 5 nitrogen and oxygen atoms in total. The van der Waals surface area contributed by atoms with Crippen LogP contribution in [-0.4, -0.2) is 24.2 Å². The van der Waals surface area contributed by atoms with Crippen LogP contribution in [0.25, 0.3) is 0 Å². The monoisotopic (exact) mass is 301 g/mol. The van der Waals surface area contributed by atoms with Gasteiger partial charge in [-0.15, -0.1) is 0 Å². The van der Waals surface area contributed by atoms with Crippen LogP contribution in [0.3, 0.4) is 0 Å². The average molecular weight is 301 g/mol. The molecule has 0 radical (unpaired) electrons. The molecule has 0 N–H and O–H groups in total. The van der Waals surface area contributed by atoms with Gasteiger partial charge >= 0.3 is 5.97 Å². The maximum atomic E-state index is 12.2. The first-order valence-corrected chi connectivity index (χ1v) is 7.43. The number of esters is 1. The summed E-state index contributed by atoms with van der Waals surface area (Å²) in [5, 5.41) is 1.80. The smallest absolute Gasteiger partial charge is 0.313 e. The SMILES string of the molecule is CCOC(=O)[C@@H]1CON(Cc2ccccc2)[C@H]1c1ccco1. The van der Waals surface area contributed by atoms with Gasteiger partial charge in [-0.05, 0) is 24.6 Å². The minimum absolute atomic E-state index is 0.250. The highest BCUT2D eigenvalue weighted by Crippen LogP contribution is 2.37. The highest BCUT2D eigenvalue weighted by Gasteiger charge is 2.43. The molecule has 0 amide bonds. The second-order valence-corrected chi connectivity index (χ2v) is 5.18. The quantitative estimate of drug-likeness (QED) is 0.795. The van der Waals surface area contributed by atoms with E-state index in [0.29, 0.717) is 25.5 Å². The van der Waals surface area contributed by atoms with Crippen molar-refractivity contribution in [3.63, 3.8) is 0 Å². The van der Waals surface area contributed by atoms with E-state index in [1.807, 2.05) is 42.5 Å². The number of hydrogen-bond donors (Lipinski definition) is 0. The van der Waals surface area contributed by atoms with E-state index in [1.165, 1.54) is 0 Å². The molecule has 116 valence electrons. The highest BCUT2D eigenvalue weighted by molar-refractivity contribution is 5.74. The Balaban J connectivity index is 1.82. The summed E-state index contributed by atoms with van der Waals surface area (Å²) in [7, 11) is 0. The lowest BCUT2D eigenvalue weighted by molar-refractivity contribution is -0.149. The van der Waals surface area contributed by atoms with Crippen LogP contribution in [0.4, 0.5) is 0 Å². The fourth-order valence-corrected chi connectivity index (χ4v) is 2.70. The maximum absolute atomic E-state index is 12.2. The van der Waals surface area contributed by atoms with E-state index in [1.54, 1.807) is 18.3 Å². The molecule has 5 heteroatoms. The van der Waals surface area contributed by atoms with E-state index in [-0.39, 0.29) is 17.9 Å². The summed E-state index contributed by atoms with van der Waals surface area (Å²) in [6.07, 6.45) is 1.61. The molecule has 22 heavy (non-hydrogen) atoms. The first-order chi connectivity index (χ1) is 10.8. The molecule has 0 spiro atoms. The predicted octanol–water partition coefficient (Wildman–Crippen LogP) is 2.95. The van der Waals surface area contributed by atoms with Crippen molar-refractivity contribution in [3.05, 3.63) is 60.1 Å². The van der Waals surface area contributed by atoms with Gasteiger partial charge in [0.15, 0.2) is 0 Å². The summed E-state index contributed by atoms with van der Waals surface area (Å²) in [6, 6.07) is 13.4. The normalized spacial score (nSPS) is 21.9. The van der Waals surface area contributed by atoms with E-state index in [9.17, 15) is 4.79 Å². The molecule has 0 unspecified atom stereocenters. The average Bonchev–Trinajstić information content (AvgIpc) is 3.17. The second-order valence-electron chi connectivity index (χ2n) is 5.18. The van der Waals surface area contributed by atoms with Gasteiger partial charge in [-0.25, -0.2) is 0 Å². The summed E-state index contributed by atoms with van der Waals surface area (Å²) in [4.78, 5) is 17.9. The van der Waals surface area contributed by atoms with Gasteiger partial charge in [0.05, 0.1) is 19.5 Å². The predicted molar refractivity (Wildman–Crippen MR) is 79.5 cm³/mol. The van der Waals surface area contributed by atoms with Crippen molar-refractivity contribution in [2.75, 3.05) is 13.2 Å². The molecule has 1 aromatic carbocycles. The van der Waals surface area contributed by atoms with E-state index >= 15 is 0 Å². The number of hydroxylamine groups is 2. The third-order valence-electron chi connectivity index (χ3n) is 3.72. The van der Waals surface area contributed by atoms with Crippen LogP contribution >= 0.6 is 0 Å². The summed E-state index contributed by atoms with van der Waals surface area (Å²) in [5.74, 6) is 0.0840. The number of furan rings is 1. The Morgan fingerprint density at radius 3 is 2.77 bits per heavy atom. The van der Waals surface area contributed by atoms with Crippen LogP contribution in [-0.2, 0) is 20.9 Å². The van der Waals surface area contributed by atoms with Crippen LogP contribution in [0.15, 0.2) is 53.1 Å². The molecule has 1 fully saturated rings. The van der Waals surface area contributed by atoms with Crippen LogP contribution in [0.1, 0.15) is 24.3 Å². The lowest BCUT2D eigenvalue weighted by Gasteiger charge is -2.23. The van der Waals surface area contributed by atoms with Gasteiger partial charge < -0.3 is 9.15 Å². The van der Waals surface area contributed by atoms with Gasteiger partial charge in [-0.2, -0.15) is 5.06 Å². The molecule has 1 aliphatic rings. The van der Waals surface area contributed by atoms with Crippen LogP contribution in [0.5, 0.6) is 0 Å². The molecule has 1 aromatic heterocycles. The Bertz CT molecular complexity index is 596. The Morgan fingerprint density at radius 2 is 2.09 bits per heavy atom. The van der Waals surface area contributed by atoms with Gasteiger partial charge in [0, 0.05) is 6.54 Å². The minimum Gasteiger partial charge on any atom is -0.468 e. The van der Waals surface area contributed by atoms with Gasteiger partial charge in [0.2, 0.25) is 0 Å². The molecule has 2 heterocycles. The van der Waals surface area contributed by atoms with E-state index in [0.717, 1.165) is 5.56 Å². The minimum atomic E-state index is -0.380. The molecule has 2 aromatic rings. The summed E-state index contributed by atoms with van der Waals surface area (Å²) >= 11 is 0. The summed E-state index contributed by atoms with van der Waals surface area (Å²) < 4.78 is 10.7.